The summed E-state index contributed by atoms with van der Waals surface area (Å²) in [6.45, 7) is 6.10. The third-order valence-electron chi connectivity index (χ3n) is 12.3. The summed E-state index contributed by atoms with van der Waals surface area (Å²) in [7, 11) is 1.61. The van der Waals surface area contributed by atoms with Gasteiger partial charge in [0.25, 0.3) is 0 Å². The van der Waals surface area contributed by atoms with Gasteiger partial charge in [-0.2, -0.15) is 13.2 Å². The van der Waals surface area contributed by atoms with Crippen molar-refractivity contribution in [3.8, 4) is 22.2 Å². The molecular weight excluding hydrogens is 794 g/mol. The molecule has 3 N–H and O–H groups in total. The first-order chi connectivity index (χ1) is 28.6. The fraction of sp³-hybridized carbons (Fsp3) is 0.500. The molecule has 3 heterocycles. The lowest BCUT2D eigenvalue weighted by molar-refractivity contribution is -0.144. The van der Waals surface area contributed by atoms with Gasteiger partial charge in [0.05, 0.1) is 36.0 Å². The molecule has 0 saturated heterocycles. The van der Waals surface area contributed by atoms with E-state index in [2.05, 4.69) is 24.5 Å². The molecule has 60 heavy (non-hydrogen) atoms. The molecule has 2 aromatic carbocycles. The van der Waals surface area contributed by atoms with E-state index in [0.717, 1.165) is 46.6 Å². The van der Waals surface area contributed by atoms with Crippen LogP contribution in [-0.2, 0) is 20.6 Å². The molecule has 10 nitrogen and oxygen atoms in total. The molecule has 3 aliphatic rings. The number of carbonyl (C=O) groups is 3. The van der Waals surface area contributed by atoms with E-state index in [4.69, 9.17) is 19.4 Å². The zero-order chi connectivity index (χ0) is 42.8. The lowest BCUT2D eigenvalue weighted by Crippen LogP contribution is -2.47. The molecular formula is C46H53F3N4O6S. The van der Waals surface area contributed by atoms with Crippen LogP contribution in [-0.4, -0.2) is 57.5 Å². The van der Waals surface area contributed by atoms with Gasteiger partial charge >= 0.3 is 12.1 Å². The summed E-state index contributed by atoms with van der Waals surface area (Å²) in [5.74, 6) is -1.11. The van der Waals surface area contributed by atoms with Gasteiger partial charge in [-0.15, -0.1) is 11.3 Å². The summed E-state index contributed by atoms with van der Waals surface area (Å²) in [6.07, 6.45) is 4.57. The Kier molecular flexibility index (Phi) is 12.9. The molecule has 2 bridgehead atoms. The summed E-state index contributed by atoms with van der Waals surface area (Å²) in [6, 6.07) is 9.77. The average molecular weight is 847 g/mol. The minimum Gasteiger partial charge on any atom is -0.496 e. The molecule has 0 radical (unpaired) electrons. The molecule has 2 aliphatic carbocycles. The number of carboxylic acid groups (broad SMARTS) is 1. The third kappa shape index (κ3) is 9.64. The number of carboxylic acids is 1. The zero-order valence-electron chi connectivity index (χ0n) is 34.4. The van der Waals surface area contributed by atoms with Crippen molar-refractivity contribution in [1.29, 1.82) is 0 Å². The van der Waals surface area contributed by atoms with Gasteiger partial charge in [-0.3, -0.25) is 9.59 Å². The van der Waals surface area contributed by atoms with Crippen molar-refractivity contribution in [2.24, 2.45) is 17.8 Å². The maximum Gasteiger partial charge on any atom is 0.416 e. The minimum atomic E-state index is -4.47. The Labute approximate surface area is 352 Å². The Morgan fingerprint density at radius 3 is 2.50 bits per heavy atom. The monoisotopic (exact) mass is 846 g/mol. The van der Waals surface area contributed by atoms with Crippen LogP contribution in [0.2, 0.25) is 0 Å². The standard InChI is InChI=1S/C46H53F3N4O6S/c1-26(2)37-25-60-43(52-37)36-23-40(34-18-19-39(58-4)27(3)41(34)51-36)59-33-20-28-12-13-29(22-33)42(55)53-45(44(56)57)24-31(45)10-8-6-5-7-9-11-35(38(54)21-28)50-32-16-14-30(15-17-32)46(47,48)49/h8,10,14-19,23,25-26,28-29,31,33,35,50H,5-7,9,11-13,20-22,24H2,1-4H3,(H,53,55)(H,56,57)/b10-8-/t28?,29-,31+,33?,35-,45+/m0/s1. The van der Waals surface area contributed by atoms with Crippen LogP contribution in [0.1, 0.15) is 107 Å². The molecule has 2 saturated carbocycles. The van der Waals surface area contributed by atoms with Crippen molar-refractivity contribution in [3.05, 3.63) is 76.8 Å². The molecule has 6 atom stereocenters. The molecule has 2 unspecified atom stereocenters. The number of benzene rings is 2. The Bertz CT molecular complexity index is 2240. The van der Waals surface area contributed by atoms with Crippen molar-refractivity contribution < 1.29 is 42.1 Å². The smallest absolute Gasteiger partial charge is 0.416 e. The maximum absolute atomic E-state index is 14.3. The van der Waals surface area contributed by atoms with Crippen LogP contribution in [0.25, 0.3) is 21.6 Å². The van der Waals surface area contributed by atoms with Gasteiger partial charge in [-0.25, -0.2) is 14.8 Å². The van der Waals surface area contributed by atoms with Gasteiger partial charge in [-0.05, 0) is 107 Å². The second kappa shape index (κ2) is 17.9. The van der Waals surface area contributed by atoms with Crippen molar-refractivity contribution in [2.45, 2.75) is 121 Å². The van der Waals surface area contributed by atoms with Gasteiger partial charge in [0.2, 0.25) is 5.91 Å². The van der Waals surface area contributed by atoms with Crippen LogP contribution in [0.3, 0.4) is 0 Å². The molecule has 1 amide bonds. The fourth-order valence-corrected chi connectivity index (χ4v) is 9.60. The number of ketones is 1. The molecule has 2 aromatic heterocycles. The van der Waals surface area contributed by atoms with Crippen LogP contribution in [0.4, 0.5) is 18.9 Å². The highest BCUT2D eigenvalue weighted by atomic mass is 32.1. The predicted octanol–water partition coefficient (Wildman–Crippen LogP) is 10.3. The van der Waals surface area contributed by atoms with Gasteiger partial charge in [0.1, 0.15) is 27.7 Å². The summed E-state index contributed by atoms with van der Waals surface area (Å²) in [5, 5.41) is 20.0. The third-order valence-corrected chi connectivity index (χ3v) is 13.2. The van der Waals surface area contributed by atoms with Crippen LogP contribution < -0.4 is 20.1 Å². The molecule has 2 fully saturated rings. The second-order valence-corrected chi connectivity index (χ2v) is 17.8. The van der Waals surface area contributed by atoms with E-state index in [1.807, 2.05) is 42.7 Å². The summed E-state index contributed by atoms with van der Waals surface area (Å²) in [4.78, 5) is 51.0. The number of halogens is 3. The number of fused-ring (bicyclic) bond motifs is 5. The van der Waals surface area contributed by atoms with Crippen LogP contribution in [0.5, 0.6) is 11.5 Å². The fourth-order valence-electron chi connectivity index (χ4n) is 8.66. The quantitative estimate of drug-likeness (QED) is 0.148. The van der Waals surface area contributed by atoms with E-state index >= 15 is 0 Å². The molecule has 0 spiro atoms. The average Bonchev–Trinajstić information content (AvgIpc) is 3.74. The van der Waals surface area contributed by atoms with E-state index in [9.17, 15) is 32.7 Å². The number of pyridine rings is 1. The van der Waals surface area contributed by atoms with E-state index in [0.29, 0.717) is 79.8 Å². The van der Waals surface area contributed by atoms with Crippen molar-refractivity contribution in [1.82, 2.24) is 15.3 Å². The summed E-state index contributed by atoms with van der Waals surface area (Å²) in [5.41, 5.74) is 1.41. The molecule has 4 aromatic rings. The number of alkyl halides is 3. The SMILES string of the molecule is COc1ccc2c(OC3CC4CC[C@@H](C3)C(=O)N[C@]3(C(=O)O)C[C@H]3/C=C\CCCCC[C@H](Nc3ccc(C(F)(F)F)cc3)C(=O)C4)cc(-c3nc(C(C)C)cs3)nc2c1C. The van der Waals surface area contributed by atoms with Crippen molar-refractivity contribution in [2.75, 3.05) is 12.4 Å². The number of aryl methyl sites for hydroxylation is 1. The molecule has 14 heteroatoms. The second-order valence-electron chi connectivity index (χ2n) is 17.0. The number of nitrogens with one attached hydrogen (secondary N) is 2. The summed E-state index contributed by atoms with van der Waals surface area (Å²) >= 11 is 1.50. The van der Waals surface area contributed by atoms with Gasteiger partial charge in [0.15, 0.2) is 5.78 Å². The lowest BCUT2D eigenvalue weighted by Gasteiger charge is -2.25. The highest BCUT2D eigenvalue weighted by Crippen LogP contribution is 2.46. The number of hydrogen-bond acceptors (Lipinski definition) is 9. The topological polar surface area (TPSA) is 140 Å². The number of ether oxygens (including phenoxy) is 2. The number of thiazole rings is 1. The Morgan fingerprint density at radius 2 is 1.80 bits per heavy atom. The number of hydrogen-bond donors (Lipinski definition) is 3. The number of methoxy groups -OCH3 is 1. The number of allylic oxidation sites excluding steroid dienone is 1. The van der Waals surface area contributed by atoms with E-state index in [-0.39, 0.29) is 35.9 Å². The number of aromatic nitrogens is 2. The summed E-state index contributed by atoms with van der Waals surface area (Å²) < 4.78 is 52.7. The van der Waals surface area contributed by atoms with Crippen molar-refractivity contribution in [3.63, 3.8) is 0 Å². The minimum absolute atomic E-state index is 0.0580. The number of nitrogens with zero attached hydrogens (tertiary/aromatic N) is 2. The maximum atomic E-state index is 14.3. The number of amides is 1. The van der Waals surface area contributed by atoms with Crippen molar-refractivity contribution >= 4 is 45.6 Å². The Balaban J connectivity index is 1.22. The first-order valence-corrected chi connectivity index (χ1v) is 21.8. The first kappa shape index (κ1) is 43.1. The van der Waals surface area contributed by atoms with Crippen LogP contribution in [0, 0.1) is 24.7 Å². The number of anilines is 1. The highest BCUT2D eigenvalue weighted by Gasteiger charge is 2.61. The lowest BCUT2D eigenvalue weighted by atomic mass is 9.89. The van der Waals surface area contributed by atoms with Crippen LogP contribution in [0.15, 0.2) is 60.0 Å². The Morgan fingerprint density at radius 1 is 1.02 bits per heavy atom. The number of Topliss-reactive ketones (excluding diaryl/α,β-unsaturated/α-hetero) is 1. The highest BCUT2D eigenvalue weighted by molar-refractivity contribution is 7.13. The van der Waals surface area contributed by atoms with Gasteiger partial charge in [-0.1, -0.05) is 38.8 Å². The van der Waals surface area contributed by atoms with Crippen LogP contribution >= 0.6 is 11.3 Å². The largest absolute Gasteiger partial charge is 0.496 e. The molecule has 320 valence electrons. The van der Waals surface area contributed by atoms with Gasteiger partial charge in [0, 0.05) is 46.3 Å². The number of aliphatic carboxylic acids is 1. The number of rotatable bonds is 8. The van der Waals surface area contributed by atoms with Gasteiger partial charge < -0.3 is 25.2 Å². The normalized spacial score (nSPS) is 26.0. The van der Waals surface area contributed by atoms with E-state index in [1.54, 1.807) is 7.11 Å². The molecule has 1 aliphatic heterocycles. The molecule has 7 rings (SSSR count). The van der Waals surface area contributed by atoms with E-state index < -0.39 is 41.3 Å². The zero-order valence-corrected chi connectivity index (χ0v) is 35.3. The first-order valence-electron chi connectivity index (χ1n) is 20.9. The predicted molar refractivity (Wildman–Crippen MR) is 225 cm³/mol. The number of carbonyl (C=O) groups excluding carboxylic acids is 2. The van der Waals surface area contributed by atoms with E-state index in [1.165, 1.54) is 23.5 Å². The Hall–Kier alpha value is -4.98.